The minimum atomic E-state index is -0.364. The fourth-order valence-corrected chi connectivity index (χ4v) is 1.86. The van der Waals surface area contributed by atoms with Gasteiger partial charge in [0.2, 0.25) is 0 Å². The average molecular weight is 336 g/mol. The minimum Gasteiger partial charge on any atom is -0.465 e. The normalized spacial score (nSPS) is 9.27. The highest BCUT2D eigenvalue weighted by Gasteiger charge is 2.05. The van der Waals surface area contributed by atoms with Gasteiger partial charge in [-0.2, -0.15) is 5.26 Å². The maximum Gasteiger partial charge on any atom is 0.337 e. The van der Waals surface area contributed by atoms with Crippen molar-refractivity contribution in [1.82, 2.24) is 0 Å². The Balaban J connectivity index is 0.000000224. The van der Waals surface area contributed by atoms with E-state index in [0.29, 0.717) is 21.2 Å². The second-order valence-corrected chi connectivity index (χ2v) is 5.35. The number of hydrogen-bond donors (Lipinski definition) is 0. The van der Waals surface area contributed by atoms with Gasteiger partial charge in [0.05, 0.1) is 24.3 Å². The van der Waals surface area contributed by atoms with Crippen LogP contribution in [0.2, 0.25) is 10.0 Å². The van der Waals surface area contributed by atoms with Gasteiger partial charge in [-0.15, -0.1) is 0 Å². The SMILES string of the molecule is COC(=O)c1ccc(C)c(Cl)c1.Cc1ccc(C#N)cc1Cl. The Morgan fingerprint density at radius 2 is 1.59 bits per heavy atom. The highest BCUT2D eigenvalue weighted by atomic mass is 35.5. The molecular weight excluding hydrogens is 321 g/mol. The summed E-state index contributed by atoms with van der Waals surface area (Å²) in [6.45, 7) is 3.78. The number of carbonyl (C=O) groups excluding carboxylic acids is 1. The van der Waals surface area contributed by atoms with Gasteiger partial charge in [0, 0.05) is 10.0 Å². The molecule has 0 aliphatic heterocycles. The van der Waals surface area contributed by atoms with Crippen LogP contribution < -0.4 is 0 Å². The zero-order valence-corrected chi connectivity index (χ0v) is 14.0. The van der Waals surface area contributed by atoms with Crippen LogP contribution in [0.15, 0.2) is 36.4 Å². The van der Waals surface area contributed by atoms with Gasteiger partial charge in [0.15, 0.2) is 0 Å². The van der Waals surface area contributed by atoms with Crippen molar-refractivity contribution in [2.24, 2.45) is 0 Å². The highest BCUT2D eigenvalue weighted by Crippen LogP contribution is 2.17. The first-order valence-electron chi connectivity index (χ1n) is 6.39. The van der Waals surface area contributed by atoms with E-state index in [-0.39, 0.29) is 5.97 Å². The van der Waals surface area contributed by atoms with Crippen molar-refractivity contribution < 1.29 is 9.53 Å². The van der Waals surface area contributed by atoms with Crippen LogP contribution in [0.3, 0.4) is 0 Å². The van der Waals surface area contributed by atoms with Crippen LogP contribution in [0.25, 0.3) is 0 Å². The third-order valence-corrected chi connectivity index (χ3v) is 3.71. The maximum absolute atomic E-state index is 11.0. The van der Waals surface area contributed by atoms with Crippen molar-refractivity contribution >= 4 is 29.2 Å². The molecule has 0 aromatic heterocycles. The number of esters is 1. The summed E-state index contributed by atoms with van der Waals surface area (Å²) in [6.07, 6.45) is 0. The summed E-state index contributed by atoms with van der Waals surface area (Å²) in [4.78, 5) is 11.0. The van der Waals surface area contributed by atoms with Crippen LogP contribution in [0.5, 0.6) is 0 Å². The molecule has 2 rings (SSSR count). The van der Waals surface area contributed by atoms with E-state index in [1.807, 2.05) is 26.0 Å². The molecule has 0 saturated heterocycles. The van der Waals surface area contributed by atoms with Crippen LogP contribution >= 0.6 is 23.2 Å². The number of nitriles is 1. The van der Waals surface area contributed by atoms with Gasteiger partial charge in [-0.25, -0.2) is 4.79 Å². The number of carbonyl (C=O) groups is 1. The quantitative estimate of drug-likeness (QED) is 0.692. The highest BCUT2D eigenvalue weighted by molar-refractivity contribution is 6.31. The number of hydrogen-bond acceptors (Lipinski definition) is 3. The van der Waals surface area contributed by atoms with E-state index in [4.69, 9.17) is 28.5 Å². The first-order valence-corrected chi connectivity index (χ1v) is 7.15. The third kappa shape index (κ3) is 5.07. The number of rotatable bonds is 1. The van der Waals surface area contributed by atoms with E-state index in [0.717, 1.165) is 11.1 Å². The number of nitrogens with zero attached hydrogens (tertiary/aromatic N) is 1. The summed E-state index contributed by atoms with van der Waals surface area (Å²) >= 11 is 11.5. The zero-order valence-electron chi connectivity index (χ0n) is 12.5. The van der Waals surface area contributed by atoms with Crippen molar-refractivity contribution in [3.8, 4) is 6.07 Å². The Morgan fingerprint density at radius 1 is 1.05 bits per heavy atom. The Kier molecular flexibility index (Phi) is 6.91. The Hall–Kier alpha value is -2.02. The summed E-state index contributed by atoms with van der Waals surface area (Å²) in [5, 5.41) is 9.68. The van der Waals surface area contributed by atoms with Crippen molar-refractivity contribution in [2.45, 2.75) is 13.8 Å². The second-order valence-electron chi connectivity index (χ2n) is 4.53. The van der Waals surface area contributed by atoms with Crippen molar-refractivity contribution in [2.75, 3.05) is 7.11 Å². The van der Waals surface area contributed by atoms with Crippen molar-refractivity contribution in [3.63, 3.8) is 0 Å². The van der Waals surface area contributed by atoms with E-state index in [1.165, 1.54) is 7.11 Å². The van der Waals surface area contributed by atoms with Crippen molar-refractivity contribution in [1.29, 1.82) is 5.26 Å². The lowest BCUT2D eigenvalue weighted by Gasteiger charge is -2.01. The van der Waals surface area contributed by atoms with Crippen LogP contribution in [-0.2, 0) is 4.74 Å². The fraction of sp³-hybridized carbons (Fsp3) is 0.176. The molecule has 2 aromatic rings. The van der Waals surface area contributed by atoms with Gasteiger partial charge < -0.3 is 4.74 Å². The van der Waals surface area contributed by atoms with E-state index < -0.39 is 0 Å². The monoisotopic (exact) mass is 335 g/mol. The third-order valence-electron chi connectivity index (χ3n) is 2.89. The molecule has 0 saturated carbocycles. The van der Waals surface area contributed by atoms with E-state index in [9.17, 15) is 4.79 Å². The standard InChI is InChI=1S/C9H9ClO2.C8H6ClN/c1-6-3-4-7(5-8(6)10)9(11)12-2;1-6-2-3-7(5-10)4-8(6)9/h3-5H,1-2H3;2-4H,1H3. The van der Waals surface area contributed by atoms with Crippen LogP contribution in [-0.4, -0.2) is 13.1 Å². The molecule has 114 valence electrons. The first kappa shape index (κ1) is 18.0. The molecule has 0 unspecified atom stereocenters. The average Bonchev–Trinajstić information content (AvgIpc) is 2.52. The molecule has 0 amide bonds. The van der Waals surface area contributed by atoms with Crippen LogP contribution in [0.1, 0.15) is 27.0 Å². The topological polar surface area (TPSA) is 50.1 Å². The van der Waals surface area contributed by atoms with E-state index >= 15 is 0 Å². The fourth-order valence-electron chi connectivity index (χ4n) is 1.50. The molecule has 0 heterocycles. The Labute approximate surface area is 140 Å². The predicted molar refractivity (Wildman–Crippen MR) is 88.4 cm³/mol. The molecule has 0 radical (unpaired) electrons. The maximum atomic E-state index is 11.0. The molecule has 3 nitrogen and oxygen atoms in total. The van der Waals surface area contributed by atoms with Gasteiger partial charge in [0.1, 0.15) is 0 Å². The van der Waals surface area contributed by atoms with Gasteiger partial charge in [0.25, 0.3) is 0 Å². The molecule has 0 N–H and O–H groups in total. The van der Waals surface area contributed by atoms with Crippen LogP contribution in [0, 0.1) is 25.2 Å². The van der Waals surface area contributed by atoms with Crippen LogP contribution in [0.4, 0.5) is 0 Å². The molecule has 2 aromatic carbocycles. The summed E-state index contributed by atoms with van der Waals surface area (Å²) in [7, 11) is 1.34. The minimum absolute atomic E-state index is 0.364. The first-order chi connectivity index (χ1) is 10.4. The molecule has 0 aliphatic carbocycles. The molecule has 0 atom stereocenters. The summed E-state index contributed by atoms with van der Waals surface area (Å²) in [5.74, 6) is -0.364. The van der Waals surface area contributed by atoms with Crippen molar-refractivity contribution in [3.05, 3.63) is 68.7 Å². The zero-order chi connectivity index (χ0) is 16.7. The molecule has 22 heavy (non-hydrogen) atoms. The van der Waals surface area contributed by atoms with Gasteiger partial charge in [-0.05, 0) is 49.2 Å². The molecule has 0 fully saturated rings. The number of aryl methyl sites for hydroxylation is 2. The summed E-state index contributed by atoms with van der Waals surface area (Å²) in [6, 6.07) is 12.3. The molecular formula is C17H15Cl2NO2. The Morgan fingerprint density at radius 3 is 2.05 bits per heavy atom. The van der Waals surface area contributed by atoms with Gasteiger partial charge >= 0.3 is 5.97 Å². The number of ether oxygens (including phenoxy) is 1. The Bertz CT molecular complexity index is 721. The lowest BCUT2D eigenvalue weighted by Crippen LogP contribution is -2.00. The lowest BCUT2D eigenvalue weighted by atomic mass is 10.1. The summed E-state index contributed by atoms with van der Waals surface area (Å²) in [5.41, 5.74) is 3.04. The second kappa shape index (κ2) is 8.43. The lowest BCUT2D eigenvalue weighted by molar-refractivity contribution is 0.0600. The summed E-state index contributed by atoms with van der Waals surface area (Å²) < 4.78 is 4.53. The van der Waals surface area contributed by atoms with E-state index in [1.54, 1.807) is 30.3 Å². The predicted octanol–water partition coefficient (Wildman–Crippen LogP) is 4.96. The molecule has 5 heteroatoms. The molecule has 0 aliphatic rings. The van der Waals surface area contributed by atoms with Gasteiger partial charge in [-0.1, -0.05) is 35.3 Å². The number of halogens is 2. The number of benzene rings is 2. The molecule has 0 spiro atoms. The largest absolute Gasteiger partial charge is 0.465 e. The van der Waals surface area contributed by atoms with Gasteiger partial charge in [-0.3, -0.25) is 0 Å². The smallest absolute Gasteiger partial charge is 0.337 e. The van der Waals surface area contributed by atoms with E-state index in [2.05, 4.69) is 4.74 Å². The molecule has 0 bridgehead atoms. The number of methoxy groups -OCH3 is 1.